The predicted octanol–water partition coefficient (Wildman–Crippen LogP) is 1.39. The van der Waals surface area contributed by atoms with Gasteiger partial charge in [0.15, 0.2) is 5.82 Å². The molecule has 2 aromatic heterocycles. The number of hydrogen-bond donors (Lipinski definition) is 0. The Labute approximate surface area is 136 Å². The topological polar surface area (TPSA) is 63.2 Å². The molecule has 0 spiro atoms. The van der Waals surface area contributed by atoms with Gasteiger partial charge in [0.25, 0.3) is 0 Å². The van der Waals surface area contributed by atoms with Crippen LogP contribution < -0.4 is 0 Å². The van der Waals surface area contributed by atoms with Gasteiger partial charge in [0, 0.05) is 51.0 Å². The maximum atomic E-state index is 5.40. The molecule has 0 radical (unpaired) electrons. The number of nitrogens with zero attached hydrogens (tertiary/aromatic N) is 6. The van der Waals surface area contributed by atoms with E-state index in [4.69, 9.17) is 4.52 Å². The van der Waals surface area contributed by atoms with Crippen LogP contribution in [0, 0.1) is 0 Å². The zero-order chi connectivity index (χ0) is 15.8. The summed E-state index contributed by atoms with van der Waals surface area (Å²) in [6.45, 7) is 7.03. The third kappa shape index (κ3) is 3.30. The summed E-state index contributed by atoms with van der Waals surface area (Å²) in [4.78, 5) is 13.9. The molecule has 7 nitrogen and oxygen atoms in total. The summed E-state index contributed by atoms with van der Waals surface area (Å²) in [6.07, 6.45) is 6.29. The van der Waals surface area contributed by atoms with E-state index in [9.17, 15) is 0 Å². The maximum absolute atomic E-state index is 5.40. The van der Waals surface area contributed by atoms with Crippen molar-refractivity contribution >= 4 is 0 Å². The second-order valence-electron chi connectivity index (χ2n) is 6.83. The number of imidazole rings is 1. The average Bonchev–Trinajstić information content (AvgIpc) is 3.15. The molecule has 4 rings (SSSR count). The number of hydrogen-bond acceptors (Lipinski definition) is 6. The lowest BCUT2D eigenvalue weighted by atomic mass is 10.2. The van der Waals surface area contributed by atoms with Gasteiger partial charge >= 0.3 is 0 Å². The minimum absolute atomic E-state index is 0.492. The van der Waals surface area contributed by atoms with Gasteiger partial charge in [-0.15, -0.1) is 0 Å². The van der Waals surface area contributed by atoms with Crippen LogP contribution in [0.15, 0.2) is 16.9 Å². The summed E-state index contributed by atoms with van der Waals surface area (Å²) in [6, 6.07) is 0.492. The summed E-state index contributed by atoms with van der Waals surface area (Å²) >= 11 is 0. The Hall–Kier alpha value is -1.73. The van der Waals surface area contributed by atoms with E-state index in [0.29, 0.717) is 12.0 Å². The first-order valence-electron chi connectivity index (χ1n) is 8.44. The summed E-state index contributed by atoms with van der Waals surface area (Å²) < 4.78 is 7.50. The van der Waals surface area contributed by atoms with Crippen molar-refractivity contribution in [3.63, 3.8) is 0 Å². The number of aromatic nitrogens is 4. The number of rotatable bonds is 5. The molecular formula is C16H24N6O. The molecule has 1 saturated heterocycles. The summed E-state index contributed by atoms with van der Waals surface area (Å²) in [7, 11) is 2.05. The molecule has 1 saturated carbocycles. The van der Waals surface area contributed by atoms with Crippen LogP contribution >= 0.6 is 0 Å². The van der Waals surface area contributed by atoms with Gasteiger partial charge in [0.2, 0.25) is 5.89 Å². The summed E-state index contributed by atoms with van der Waals surface area (Å²) in [5.74, 6) is 3.34. The summed E-state index contributed by atoms with van der Waals surface area (Å²) in [5.41, 5.74) is 0. The second kappa shape index (κ2) is 6.05. The number of piperazine rings is 1. The predicted molar refractivity (Wildman–Crippen MR) is 84.6 cm³/mol. The van der Waals surface area contributed by atoms with Gasteiger partial charge in [-0.1, -0.05) is 5.16 Å². The number of aryl methyl sites for hydroxylation is 1. The SMILES string of the molecule is CC1CN(Cc2nc(C3CC3)no2)CCN1Cc1nccn1C. The maximum Gasteiger partial charge on any atom is 0.240 e. The van der Waals surface area contributed by atoms with E-state index in [1.165, 1.54) is 12.8 Å². The van der Waals surface area contributed by atoms with E-state index in [-0.39, 0.29) is 0 Å². The first-order chi connectivity index (χ1) is 11.2. The Balaban J connectivity index is 1.32. The van der Waals surface area contributed by atoms with Crippen LogP contribution in [-0.2, 0) is 20.1 Å². The highest BCUT2D eigenvalue weighted by Gasteiger charge is 2.30. The highest BCUT2D eigenvalue weighted by molar-refractivity contribution is 5.03. The molecule has 2 aliphatic rings. The standard InChI is InChI=1S/C16H24N6O/c1-12-9-21(11-15-18-16(19-23-15)13-3-4-13)7-8-22(12)10-14-17-5-6-20(14)2/h5-6,12-13H,3-4,7-11H2,1-2H3. The Kier molecular flexibility index (Phi) is 3.90. The molecule has 0 N–H and O–H groups in total. The Morgan fingerprint density at radius 1 is 1.26 bits per heavy atom. The Morgan fingerprint density at radius 2 is 2.13 bits per heavy atom. The van der Waals surface area contributed by atoms with Crippen molar-refractivity contribution in [1.82, 2.24) is 29.5 Å². The summed E-state index contributed by atoms with van der Waals surface area (Å²) in [5, 5.41) is 4.10. The molecule has 1 aliphatic carbocycles. The minimum Gasteiger partial charge on any atom is -0.338 e. The average molecular weight is 316 g/mol. The molecule has 23 heavy (non-hydrogen) atoms. The zero-order valence-electron chi connectivity index (χ0n) is 13.9. The van der Waals surface area contributed by atoms with Crippen LogP contribution in [0.1, 0.15) is 43.2 Å². The quantitative estimate of drug-likeness (QED) is 0.830. The third-order valence-electron chi connectivity index (χ3n) is 4.90. The molecule has 7 heteroatoms. The van der Waals surface area contributed by atoms with Crippen molar-refractivity contribution in [2.75, 3.05) is 19.6 Å². The van der Waals surface area contributed by atoms with Crippen LogP contribution in [0.3, 0.4) is 0 Å². The lowest BCUT2D eigenvalue weighted by Crippen LogP contribution is -2.51. The fourth-order valence-electron chi connectivity index (χ4n) is 3.21. The molecule has 0 aromatic carbocycles. The van der Waals surface area contributed by atoms with Gasteiger partial charge < -0.3 is 9.09 Å². The van der Waals surface area contributed by atoms with Gasteiger partial charge in [-0.05, 0) is 19.8 Å². The van der Waals surface area contributed by atoms with Gasteiger partial charge in [-0.2, -0.15) is 4.98 Å². The van der Waals surface area contributed by atoms with Crippen molar-refractivity contribution < 1.29 is 4.52 Å². The normalized spacial score (nSPS) is 23.5. The van der Waals surface area contributed by atoms with Gasteiger partial charge in [-0.3, -0.25) is 9.80 Å². The fraction of sp³-hybridized carbons (Fsp3) is 0.688. The minimum atomic E-state index is 0.492. The van der Waals surface area contributed by atoms with Gasteiger partial charge in [-0.25, -0.2) is 4.98 Å². The van der Waals surface area contributed by atoms with E-state index in [1.54, 1.807) is 0 Å². The van der Waals surface area contributed by atoms with Crippen molar-refractivity contribution in [1.29, 1.82) is 0 Å². The lowest BCUT2D eigenvalue weighted by molar-refractivity contribution is 0.0645. The van der Waals surface area contributed by atoms with Crippen LogP contribution in [0.5, 0.6) is 0 Å². The second-order valence-corrected chi connectivity index (χ2v) is 6.83. The Bertz CT molecular complexity index is 661. The molecule has 1 atom stereocenters. The van der Waals surface area contributed by atoms with E-state index >= 15 is 0 Å². The van der Waals surface area contributed by atoms with E-state index < -0.39 is 0 Å². The molecule has 124 valence electrons. The highest BCUT2D eigenvalue weighted by atomic mass is 16.5. The van der Waals surface area contributed by atoms with Gasteiger partial charge in [0.05, 0.1) is 13.1 Å². The zero-order valence-corrected chi connectivity index (χ0v) is 13.9. The molecule has 3 heterocycles. The smallest absolute Gasteiger partial charge is 0.240 e. The van der Waals surface area contributed by atoms with E-state index in [1.807, 2.05) is 12.4 Å². The van der Waals surface area contributed by atoms with Crippen molar-refractivity contribution in [3.8, 4) is 0 Å². The van der Waals surface area contributed by atoms with Crippen LogP contribution in [-0.4, -0.2) is 55.2 Å². The molecular weight excluding hydrogens is 292 g/mol. The largest absolute Gasteiger partial charge is 0.338 e. The van der Waals surface area contributed by atoms with Crippen molar-refractivity contribution in [2.45, 2.75) is 44.8 Å². The van der Waals surface area contributed by atoms with Crippen molar-refractivity contribution in [2.24, 2.45) is 7.05 Å². The molecule has 0 amide bonds. The van der Waals surface area contributed by atoms with Crippen LogP contribution in [0.2, 0.25) is 0 Å². The first-order valence-corrected chi connectivity index (χ1v) is 8.44. The highest BCUT2D eigenvalue weighted by Crippen LogP contribution is 2.38. The first kappa shape index (κ1) is 14.8. The molecule has 2 fully saturated rings. The van der Waals surface area contributed by atoms with Crippen molar-refractivity contribution in [3.05, 3.63) is 29.9 Å². The van der Waals surface area contributed by atoms with E-state index in [0.717, 1.165) is 50.3 Å². The van der Waals surface area contributed by atoms with Gasteiger partial charge in [0.1, 0.15) is 5.82 Å². The third-order valence-corrected chi connectivity index (χ3v) is 4.90. The molecule has 2 aromatic rings. The van der Waals surface area contributed by atoms with Crippen LogP contribution in [0.4, 0.5) is 0 Å². The molecule has 1 unspecified atom stereocenters. The van der Waals surface area contributed by atoms with Crippen LogP contribution in [0.25, 0.3) is 0 Å². The molecule has 1 aliphatic heterocycles. The molecule has 0 bridgehead atoms. The fourth-order valence-corrected chi connectivity index (χ4v) is 3.21. The Morgan fingerprint density at radius 3 is 2.83 bits per heavy atom. The lowest BCUT2D eigenvalue weighted by Gasteiger charge is -2.39. The monoisotopic (exact) mass is 316 g/mol. The van der Waals surface area contributed by atoms with E-state index in [2.05, 4.69) is 43.5 Å².